The molecular weight excluding hydrogens is 160 g/mol. The van der Waals surface area contributed by atoms with Crippen LogP contribution in [0.3, 0.4) is 0 Å². The van der Waals surface area contributed by atoms with Gasteiger partial charge in [-0.15, -0.1) is 0 Å². The Morgan fingerprint density at radius 3 is 2.33 bits per heavy atom. The summed E-state index contributed by atoms with van der Waals surface area (Å²) in [6, 6.07) is 0. The van der Waals surface area contributed by atoms with Crippen LogP contribution in [0, 0.1) is 0 Å². The van der Waals surface area contributed by atoms with Gasteiger partial charge in [0.2, 0.25) is 11.8 Å². The van der Waals surface area contributed by atoms with Crippen molar-refractivity contribution in [3.63, 3.8) is 0 Å². The molecular formula is C7H8N2O3. The summed E-state index contributed by atoms with van der Waals surface area (Å²) in [6.07, 6.45) is 1.32. The summed E-state index contributed by atoms with van der Waals surface area (Å²) in [5, 5.41) is 0.726. The molecule has 0 atom stereocenters. The highest BCUT2D eigenvalue weighted by Crippen LogP contribution is 2.07. The Bertz CT molecular complexity index is 243. The molecule has 1 rings (SSSR count). The van der Waals surface area contributed by atoms with Crippen LogP contribution in [0.2, 0.25) is 0 Å². The highest BCUT2D eigenvalue weighted by Gasteiger charge is 2.29. The normalized spacial score (nSPS) is 16.5. The largest absolute Gasteiger partial charge is 0.273 e. The standard InChI is InChI=1S/C7H8N2O3/c1-2-5(10)8-9-6(11)3-4-7(9)12/h2H,1,3-4H2,(H,8,10). The summed E-state index contributed by atoms with van der Waals surface area (Å²) in [4.78, 5) is 32.5. The number of hydrogen-bond acceptors (Lipinski definition) is 3. The Hall–Kier alpha value is -1.65. The van der Waals surface area contributed by atoms with Crippen molar-refractivity contribution in [2.24, 2.45) is 0 Å². The van der Waals surface area contributed by atoms with Crippen molar-refractivity contribution in [1.29, 1.82) is 0 Å². The zero-order valence-electron chi connectivity index (χ0n) is 6.37. The smallest absolute Gasteiger partial charge is 0.262 e. The molecule has 0 aromatic heterocycles. The van der Waals surface area contributed by atoms with Crippen LogP contribution in [-0.4, -0.2) is 22.7 Å². The van der Waals surface area contributed by atoms with E-state index in [4.69, 9.17) is 0 Å². The van der Waals surface area contributed by atoms with Gasteiger partial charge in [-0.2, -0.15) is 5.01 Å². The zero-order chi connectivity index (χ0) is 9.14. The zero-order valence-corrected chi connectivity index (χ0v) is 6.37. The highest BCUT2D eigenvalue weighted by atomic mass is 16.2. The van der Waals surface area contributed by atoms with Crippen molar-refractivity contribution < 1.29 is 14.4 Å². The average Bonchev–Trinajstić information content (AvgIpc) is 2.35. The first-order valence-corrected chi connectivity index (χ1v) is 3.44. The van der Waals surface area contributed by atoms with E-state index in [1.165, 1.54) is 0 Å². The van der Waals surface area contributed by atoms with Gasteiger partial charge >= 0.3 is 0 Å². The number of imide groups is 1. The molecule has 1 heterocycles. The van der Waals surface area contributed by atoms with Crippen molar-refractivity contribution in [2.45, 2.75) is 12.8 Å². The number of hydrazine groups is 1. The van der Waals surface area contributed by atoms with Crippen LogP contribution >= 0.6 is 0 Å². The van der Waals surface area contributed by atoms with Gasteiger partial charge in [0.05, 0.1) is 0 Å². The van der Waals surface area contributed by atoms with Crippen LogP contribution in [0.25, 0.3) is 0 Å². The summed E-state index contributed by atoms with van der Waals surface area (Å²) in [5.41, 5.74) is 2.11. The first kappa shape index (κ1) is 8.45. The quantitative estimate of drug-likeness (QED) is 0.440. The van der Waals surface area contributed by atoms with Crippen molar-refractivity contribution in [2.75, 3.05) is 0 Å². The predicted octanol–water partition coefficient (Wildman–Crippen LogP) is -0.647. The summed E-state index contributed by atoms with van der Waals surface area (Å²) in [5.74, 6) is -1.32. The van der Waals surface area contributed by atoms with E-state index in [0.29, 0.717) is 0 Å². The molecule has 0 spiro atoms. The molecule has 1 N–H and O–H groups in total. The maximum Gasteiger partial charge on any atom is 0.262 e. The van der Waals surface area contributed by atoms with E-state index in [1.807, 2.05) is 0 Å². The third-order valence-electron chi connectivity index (χ3n) is 1.46. The summed E-state index contributed by atoms with van der Waals surface area (Å²) in [6.45, 7) is 3.19. The van der Waals surface area contributed by atoms with Crippen LogP contribution in [-0.2, 0) is 14.4 Å². The summed E-state index contributed by atoms with van der Waals surface area (Å²) < 4.78 is 0. The van der Waals surface area contributed by atoms with Gasteiger partial charge in [-0.05, 0) is 6.08 Å². The molecule has 1 aliphatic heterocycles. The predicted molar refractivity (Wildman–Crippen MR) is 39.4 cm³/mol. The van der Waals surface area contributed by atoms with Crippen LogP contribution in [0.5, 0.6) is 0 Å². The van der Waals surface area contributed by atoms with E-state index in [2.05, 4.69) is 12.0 Å². The molecule has 1 aliphatic rings. The van der Waals surface area contributed by atoms with Crippen LogP contribution in [0.15, 0.2) is 12.7 Å². The van der Waals surface area contributed by atoms with Gasteiger partial charge in [0.15, 0.2) is 0 Å². The number of carbonyl (C=O) groups excluding carboxylic acids is 3. The molecule has 12 heavy (non-hydrogen) atoms. The molecule has 0 saturated carbocycles. The van der Waals surface area contributed by atoms with E-state index in [9.17, 15) is 14.4 Å². The fourth-order valence-electron chi connectivity index (χ4n) is 0.857. The van der Waals surface area contributed by atoms with Gasteiger partial charge in [-0.3, -0.25) is 19.8 Å². The molecule has 0 aliphatic carbocycles. The second-order valence-electron chi connectivity index (χ2n) is 2.30. The number of nitrogens with zero attached hydrogens (tertiary/aromatic N) is 1. The summed E-state index contributed by atoms with van der Waals surface area (Å²) >= 11 is 0. The maximum atomic E-state index is 10.9. The number of hydrogen-bond donors (Lipinski definition) is 1. The Morgan fingerprint density at radius 1 is 1.42 bits per heavy atom. The lowest BCUT2D eigenvalue weighted by Crippen LogP contribution is -2.44. The van der Waals surface area contributed by atoms with Gasteiger partial charge in [0.1, 0.15) is 0 Å². The van der Waals surface area contributed by atoms with E-state index in [1.54, 1.807) is 0 Å². The number of nitrogens with one attached hydrogen (secondary N) is 1. The molecule has 0 radical (unpaired) electrons. The van der Waals surface area contributed by atoms with Crippen molar-refractivity contribution >= 4 is 17.7 Å². The van der Waals surface area contributed by atoms with Gasteiger partial charge in [-0.1, -0.05) is 6.58 Å². The third-order valence-corrected chi connectivity index (χ3v) is 1.46. The minimum absolute atomic E-state index is 0.163. The Balaban J connectivity index is 2.61. The Labute approximate surface area is 69.0 Å². The van der Waals surface area contributed by atoms with Crippen LogP contribution < -0.4 is 5.43 Å². The number of rotatable bonds is 2. The minimum Gasteiger partial charge on any atom is -0.273 e. The first-order valence-electron chi connectivity index (χ1n) is 3.44. The lowest BCUT2D eigenvalue weighted by atomic mass is 10.4. The molecule has 5 heteroatoms. The minimum atomic E-state index is -0.557. The number of amides is 3. The fourth-order valence-corrected chi connectivity index (χ4v) is 0.857. The molecule has 1 saturated heterocycles. The van der Waals surface area contributed by atoms with Gasteiger partial charge in [-0.25, -0.2) is 0 Å². The Kier molecular flexibility index (Phi) is 2.23. The number of carbonyl (C=O) groups is 3. The second-order valence-corrected chi connectivity index (χ2v) is 2.30. The molecule has 0 bridgehead atoms. The second kappa shape index (κ2) is 3.17. The molecule has 0 unspecified atom stereocenters. The molecule has 3 amide bonds. The van der Waals surface area contributed by atoms with E-state index in [0.717, 1.165) is 11.1 Å². The van der Waals surface area contributed by atoms with Crippen LogP contribution in [0.1, 0.15) is 12.8 Å². The first-order chi connectivity index (χ1) is 5.65. The highest BCUT2D eigenvalue weighted by molar-refractivity contribution is 6.04. The lowest BCUT2D eigenvalue weighted by molar-refractivity contribution is -0.146. The van der Waals surface area contributed by atoms with E-state index < -0.39 is 5.91 Å². The van der Waals surface area contributed by atoms with Crippen LogP contribution in [0.4, 0.5) is 0 Å². The molecule has 5 nitrogen and oxygen atoms in total. The molecule has 0 aromatic rings. The van der Waals surface area contributed by atoms with Crippen molar-refractivity contribution in [1.82, 2.24) is 10.4 Å². The van der Waals surface area contributed by atoms with Crippen molar-refractivity contribution in [3.8, 4) is 0 Å². The third kappa shape index (κ3) is 1.50. The molecule has 64 valence electrons. The van der Waals surface area contributed by atoms with Gasteiger partial charge < -0.3 is 0 Å². The average molecular weight is 168 g/mol. The van der Waals surface area contributed by atoms with Crippen molar-refractivity contribution in [3.05, 3.63) is 12.7 Å². The lowest BCUT2D eigenvalue weighted by Gasteiger charge is -2.12. The maximum absolute atomic E-state index is 10.9. The fraction of sp³-hybridized carbons (Fsp3) is 0.286. The topological polar surface area (TPSA) is 66.5 Å². The van der Waals surface area contributed by atoms with E-state index >= 15 is 0 Å². The van der Waals surface area contributed by atoms with E-state index in [-0.39, 0.29) is 24.7 Å². The van der Waals surface area contributed by atoms with Gasteiger partial charge in [0.25, 0.3) is 5.91 Å². The Morgan fingerprint density at radius 2 is 1.92 bits per heavy atom. The molecule has 0 aromatic carbocycles. The van der Waals surface area contributed by atoms with Gasteiger partial charge in [0, 0.05) is 12.8 Å². The summed E-state index contributed by atoms with van der Waals surface area (Å²) in [7, 11) is 0. The SMILES string of the molecule is C=CC(=O)NN1C(=O)CCC1=O. The monoisotopic (exact) mass is 168 g/mol. The molecule has 1 fully saturated rings.